The largest absolute Gasteiger partial charge is 0.349 e. The second kappa shape index (κ2) is 5.98. The number of aromatic nitrogens is 3. The van der Waals surface area contributed by atoms with Crippen molar-refractivity contribution in [1.29, 1.82) is 0 Å². The van der Waals surface area contributed by atoms with E-state index in [0.29, 0.717) is 28.4 Å². The van der Waals surface area contributed by atoms with E-state index in [2.05, 4.69) is 15.4 Å². The molecule has 0 aliphatic heterocycles. The summed E-state index contributed by atoms with van der Waals surface area (Å²) in [7, 11) is 1.73. The van der Waals surface area contributed by atoms with Crippen molar-refractivity contribution in [3.63, 3.8) is 0 Å². The maximum atomic E-state index is 13.0. The molecule has 134 valence electrons. The van der Waals surface area contributed by atoms with E-state index in [1.165, 1.54) is 6.42 Å². The number of hydrogen-bond donors (Lipinski definition) is 3. The SMILES string of the molecule is Cc1cc(C(=O)NC2C3CCCC2CC(N)C3)c2c(=O)[nH]n(C)c2n1. The van der Waals surface area contributed by atoms with Crippen LogP contribution in [0.2, 0.25) is 0 Å². The number of H-pyrrole nitrogens is 1. The van der Waals surface area contributed by atoms with E-state index in [-0.39, 0.29) is 23.6 Å². The minimum atomic E-state index is -0.277. The normalized spacial score (nSPS) is 28.9. The summed E-state index contributed by atoms with van der Waals surface area (Å²) in [5, 5.41) is 6.28. The Kier molecular flexibility index (Phi) is 3.91. The molecule has 4 rings (SSSR count). The maximum Gasteiger partial charge on any atom is 0.274 e. The monoisotopic (exact) mass is 343 g/mol. The molecule has 2 aromatic heterocycles. The zero-order valence-electron chi connectivity index (χ0n) is 14.7. The van der Waals surface area contributed by atoms with Crippen LogP contribution in [0.15, 0.2) is 10.9 Å². The second-order valence-electron chi connectivity index (χ2n) is 7.69. The van der Waals surface area contributed by atoms with Crippen LogP contribution in [0.3, 0.4) is 0 Å². The quantitative estimate of drug-likeness (QED) is 0.762. The summed E-state index contributed by atoms with van der Waals surface area (Å²) in [6.07, 6.45) is 5.39. The van der Waals surface area contributed by atoms with E-state index in [9.17, 15) is 9.59 Å². The van der Waals surface area contributed by atoms with Gasteiger partial charge >= 0.3 is 0 Å². The van der Waals surface area contributed by atoms with Crippen molar-refractivity contribution in [2.45, 2.75) is 51.1 Å². The Labute approximate surface area is 146 Å². The van der Waals surface area contributed by atoms with Crippen molar-refractivity contribution in [1.82, 2.24) is 20.1 Å². The van der Waals surface area contributed by atoms with E-state index in [1.807, 2.05) is 6.92 Å². The Morgan fingerprint density at radius 2 is 2.04 bits per heavy atom. The summed E-state index contributed by atoms with van der Waals surface area (Å²) in [5.41, 5.74) is 7.55. The topological polar surface area (TPSA) is 106 Å². The molecule has 1 amide bonds. The lowest BCUT2D eigenvalue weighted by Crippen LogP contribution is -2.53. The molecule has 2 fully saturated rings. The first-order chi connectivity index (χ1) is 11.9. The number of hydrogen-bond acceptors (Lipinski definition) is 4. The third-order valence-corrected chi connectivity index (χ3v) is 5.86. The van der Waals surface area contributed by atoms with Crippen LogP contribution in [0.5, 0.6) is 0 Å². The summed E-state index contributed by atoms with van der Waals surface area (Å²) in [4.78, 5) is 29.7. The fraction of sp³-hybridized carbons (Fsp3) is 0.611. The smallest absolute Gasteiger partial charge is 0.274 e. The number of pyridine rings is 1. The molecule has 4 N–H and O–H groups in total. The zero-order chi connectivity index (χ0) is 17.7. The Hall–Kier alpha value is -2.15. The van der Waals surface area contributed by atoms with Crippen LogP contribution in [0.25, 0.3) is 11.0 Å². The molecular weight excluding hydrogens is 318 g/mol. The Morgan fingerprint density at radius 1 is 1.36 bits per heavy atom. The molecule has 2 bridgehead atoms. The van der Waals surface area contributed by atoms with Crippen LogP contribution in [0.1, 0.15) is 48.2 Å². The standard InChI is InChI=1S/C18H25N5O2/c1-9-6-13(14-16(20-9)23(2)22-18(14)25)17(24)21-15-10-4-3-5-11(15)8-12(19)7-10/h6,10-12,15H,3-5,7-8,19H2,1-2H3,(H,21,24)(H,22,25). The van der Waals surface area contributed by atoms with Crippen molar-refractivity contribution < 1.29 is 4.79 Å². The van der Waals surface area contributed by atoms with E-state index in [0.717, 1.165) is 31.4 Å². The van der Waals surface area contributed by atoms with Gasteiger partial charge in [-0.2, -0.15) is 0 Å². The third kappa shape index (κ3) is 2.76. The Morgan fingerprint density at radius 3 is 2.72 bits per heavy atom. The molecule has 2 atom stereocenters. The average molecular weight is 343 g/mol. The van der Waals surface area contributed by atoms with Gasteiger partial charge in [-0.15, -0.1) is 0 Å². The fourth-order valence-corrected chi connectivity index (χ4v) is 4.82. The molecule has 7 nitrogen and oxygen atoms in total. The summed E-state index contributed by atoms with van der Waals surface area (Å²) in [6.45, 7) is 1.84. The van der Waals surface area contributed by atoms with Gasteiger partial charge in [0.05, 0.1) is 10.9 Å². The van der Waals surface area contributed by atoms with Gasteiger partial charge in [-0.25, -0.2) is 4.98 Å². The summed E-state index contributed by atoms with van der Waals surface area (Å²) < 4.78 is 1.57. The molecular formula is C18H25N5O2. The lowest BCUT2D eigenvalue weighted by Gasteiger charge is -2.45. The van der Waals surface area contributed by atoms with Crippen LogP contribution < -0.4 is 16.6 Å². The van der Waals surface area contributed by atoms with Crippen LogP contribution in [-0.2, 0) is 7.05 Å². The molecule has 0 radical (unpaired) electrons. The highest BCUT2D eigenvalue weighted by atomic mass is 16.2. The van der Waals surface area contributed by atoms with Crippen molar-refractivity contribution in [2.24, 2.45) is 24.6 Å². The van der Waals surface area contributed by atoms with Gasteiger partial charge in [-0.3, -0.25) is 19.4 Å². The number of nitrogens with zero attached hydrogens (tertiary/aromatic N) is 2. The van der Waals surface area contributed by atoms with E-state index < -0.39 is 0 Å². The number of rotatable bonds is 2. The fourth-order valence-electron chi connectivity index (χ4n) is 4.82. The molecule has 2 aliphatic rings. The van der Waals surface area contributed by atoms with Gasteiger partial charge in [0.15, 0.2) is 5.65 Å². The van der Waals surface area contributed by atoms with Gasteiger partial charge in [0.25, 0.3) is 11.5 Å². The highest BCUT2D eigenvalue weighted by molar-refractivity contribution is 6.05. The van der Waals surface area contributed by atoms with E-state index in [4.69, 9.17) is 5.73 Å². The second-order valence-corrected chi connectivity index (χ2v) is 7.69. The zero-order valence-corrected chi connectivity index (χ0v) is 14.7. The molecule has 25 heavy (non-hydrogen) atoms. The van der Waals surface area contributed by atoms with Crippen molar-refractivity contribution in [3.8, 4) is 0 Å². The molecule has 0 saturated heterocycles. The van der Waals surface area contributed by atoms with Crippen LogP contribution in [-0.4, -0.2) is 32.8 Å². The summed E-state index contributed by atoms with van der Waals surface area (Å²) in [6, 6.07) is 2.11. The van der Waals surface area contributed by atoms with Crippen molar-refractivity contribution in [2.75, 3.05) is 0 Å². The minimum absolute atomic E-state index is 0.160. The predicted octanol–water partition coefficient (Wildman–Crippen LogP) is 1.21. The highest BCUT2D eigenvalue weighted by Crippen LogP contribution is 2.39. The van der Waals surface area contributed by atoms with Crippen LogP contribution >= 0.6 is 0 Å². The van der Waals surface area contributed by atoms with Crippen molar-refractivity contribution >= 4 is 16.9 Å². The number of nitrogens with one attached hydrogen (secondary N) is 2. The van der Waals surface area contributed by atoms with Crippen LogP contribution in [0, 0.1) is 18.8 Å². The number of fused-ring (bicyclic) bond motifs is 3. The highest BCUT2D eigenvalue weighted by Gasteiger charge is 2.40. The molecule has 2 saturated carbocycles. The summed E-state index contributed by atoms with van der Waals surface area (Å²) in [5.74, 6) is 0.711. The van der Waals surface area contributed by atoms with Crippen molar-refractivity contribution in [3.05, 3.63) is 27.7 Å². The summed E-state index contributed by atoms with van der Waals surface area (Å²) >= 11 is 0. The third-order valence-electron chi connectivity index (χ3n) is 5.86. The first kappa shape index (κ1) is 16.3. The van der Waals surface area contributed by atoms with Gasteiger partial charge in [-0.1, -0.05) is 6.42 Å². The molecule has 0 aromatic carbocycles. The van der Waals surface area contributed by atoms with Gasteiger partial charge in [0, 0.05) is 24.8 Å². The van der Waals surface area contributed by atoms with E-state index >= 15 is 0 Å². The average Bonchev–Trinajstić information content (AvgIpc) is 2.82. The molecule has 2 unspecified atom stereocenters. The molecule has 2 aliphatic carbocycles. The number of nitrogens with two attached hydrogens (primary N) is 1. The van der Waals surface area contributed by atoms with Gasteiger partial charge in [0.1, 0.15) is 0 Å². The Balaban J connectivity index is 1.68. The lowest BCUT2D eigenvalue weighted by atomic mass is 9.67. The first-order valence-corrected chi connectivity index (χ1v) is 9.07. The number of aryl methyl sites for hydroxylation is 2. The molecule has 0 spiro atoms. The maximum absolute atomic E-state index is 13.0. The Bertz CT molecular complexity index is 869. The number of amides is 1. The molecule has 2 aromatic rings. The minimum Gasteiger partial charge on any atom is -0.349 e. The van der Waals surface area contributed by atoms with Gasteiger partial charge < -0.3 is 11.1 Å². The number of carbonyl (C=O) groups is 1. The molecule has 2 heterocycles. The number of carbonyl (C=O) groups excluding carboxylic acids is 1. The lowest BCUT2D eigenvalue weighted by molar-refractivity contribution is 0.0757. The predicted molar refractivity (Wildman–Crippen MR) is 95.4 cm³/mol. The first-order valence-electron chi connectivity index (χ1n) is 9.07. The van der Waals surface area contributed by atoms with Gasteiger partial charge in [-0.05, 0) is 50.5 Å². The van der Waals surface area contributed by atoms with Crippen LogP contribution in [0.4, 0.5) is 0 Å². The molecule has 7 heteroatoms. The van der Waals surface area contributed by atoms with Gasteiger partial charge in [0.2, 0.25) is 0 Å². The van der Waals surface area contributed by atoms with E-state index in [1.54, 1.807) is 17.8 Å². The number of aromatic amines is 1.